The molecule has 3 heteroatoms. The van der Waals surface area contributed by atoms with Crippen LogP contribution in [0, 0.1) is 0 Å². The lowest BCUT2D eigenvalue weighted by atomic mass is 10.3. The molecular weight excluding hydrogens is 142 g/mol. The third-order valence-electron chi connectivity index (χ3n) is 1.37. The van der Waals surface area contributed by atoms with Crippen molar-refractivity contribution in [3.63, 3.8) is 0 Å². The fourth-order valence-electron chi connectivity index (χ4n) is 0.812. The van der Waals surface area contributed by atoms with Crippen molar-refractivity contribution in [1.82, 2.24) is 4.90 Å². The van der Waals surface area contributed by atoms with Gasteiger partial charge in [0.15, 0.2) is 0 Å². The number of rotatable bonds is 6. The van der Waals surface area contributed by atoms with Crippen molar-refractivity contribution in [2.45, 2.75) is 12.8 Å². The average Bonchev–Trinajstić information content (AvgIpc) is 1.87. The van der Waals surface area contributed by atoms with Crippen LogP contribution >= 0.6 is 0 Å². The summed E-state index contributed by atoms with van der Waals surface area (Å²) in [6.07, 6.45) is 2.77. The number of hydrogen-bond acceptors (Lipinski definition) is 2. The van der Waals surface area contributed by atoms with Crippen LogP contribution in [-0.4, -0.2) is 36.1 Å². The quantitative estimate of drug-likeness (QED) is 0.584. The molecule has 0 unspecified atom stereocenters. The number of carboxylic acids is 1. The Morgan fingerprint density at radius 1 is 1.73 bits per heavy atom. The molecule has 11 heavy (non-hydrogen) atoms. The van der Waals surface area contributed by atoms with Crippen LogP contribution in [0.1, 0.15) is 12.8 Å². The number of aliphatic carboxylic acids is 1. The predicted octanol–water partition coefficient (Wildman–Crippen LogP) is 0.969. The summed E-state index contributed by atoms with van der Waals surface area (Å²) in [6.45, 7) is 5.22. The highest BCUT2D eigenvalue weighted by molar-refractivity contribution is 5.66. The van der Waals surface area contributed by atoms with Crippen molar-refractivity contribution in [3.8, 4) is 0 Å². The van der Waals surface area contributed by atoms with Crippen LogP contribution in [-0.2, 0) is 4.79 Å². The van der Waals surface area contributed by atoms with Gasteiger partial charge < -0.3 is 10.0 Å². The molecule has 0 aliphatic carbocycles. The third kappa shape index (κ3) is 7.06. The lowest BCUT2D eigenvalue weighted by molar-refractivity contribution is -0.137. The first-order valence-electron chi connectivity index (χ1n) is 3.68. The molecule has 0 aliphatic heterocycles. The molecule has 0 heterocycles. The molecule has 0 atom stereocenters. The molecule has 0 aromatic carbocycles. The molecule has 0 fully saturated rings. The number of carbonyl (C=O) groups is 1. The van der Waals surface area contributed by atoms with E-state index in [9.17, 15) is 4.79 Å². The predicted molar refractivity (Wildman–Crippen MR) is 44.6 cm³/mol. The monoisotopic (exact) mass is 157 g/mol. The maximum Gasteiger partial charge on any atom is 0.303 e. The zero-order chi connectivity index (χ0) is 8.69. The van der Waals surface area contributed by atoms with Crippen molar-refractivity contribution >= 4 is 5.97 Å². The molecule has 0 aromatic rings. The van der Waals surface area contributed by atoms with Gasteiger partial charge in [0.05, 0.1) is 0 Å². The molecule has 3 nitrogen and oxygen atoms in total. The fourth-order valence-corrected chi connectivity index (χ4v) is 0.812. The zero-order valence-corrected chi connectivity index (χ0v) is 6.92. The first-order valence-corrected chi connectivity index (χ1v) is 3.68. The Balaban J connectivity index is 3.23. The van der Waals surface area contributed by atoms with Crippen LogP contribution in [0.5, 0.6) is 0 Å². The second kappa shape index (κ2) is 5.92. The molecule has 0 aliphatic rings. The van der Waals surface area contributed by atoms with E-state index in [0.717, 1.165) is 13.1 Å². The second-order valence-electron chi connectivity index (χ2n) is 2.55. The van der Waals surface area contributed by atoms with Gasteiger partial charge in [-0.25, -0.2) is 0 Å². The van der Waals surface area contributed by atoms with Gasteiger partial charge >= 0.3 is 5.97 Å². The summed E-state index contributed by atoms with van der Waals surface area (Å²) < 4.78 is 0. The number of nitrogens with zero attached hydrogens (tertiary/aromatic N) is 1. The van der Waals surface area contributed by atoms with Gasteiger partial charge in [-0.05, 0) is 20.0 Å². The largest absolute Gasteiger partial charge is 0.481 e. The highest BCUT2D eigenvalue weighted by Gasteiger charge is 1.98. The van der Waals surface area contributed by atoms with Gasteiger partial charge in [0.25, 0.3) is 0 Å². The van der Waals surface area contributed by atoms with Crippen LogP contribution in [0.3, 0.4) is 0 Å². The van der Waals surface area contributed by atoms with Crippen LogP contribution in [0.4, 0.5) is 0 Å². The van der Waals surface area contributed by atoms with E-state index in [-0.39, 0.29) is 6.42 Å². The Bertz CT molecular complexity index is 134. The maximum absolute atomic E-state index is 10.1. The summed E-state index contributed by atoms with van der Waals surface area (Å²) >= 11 is 0. The summed E-state index contributed by atoms with van der Waals surface area (Å²) in [6, 6.07) is 0. The standard InChI is InChI=1S/C8H15NO2/c1-3-6-9(2)7-4-5-8(10)11/h3H,1,4-7H2,2H3,(H,10,11). The van der Waals surface area contributed by atoms with Crippen molar-refractivity contribution < 1.29 is 9.90 Å². The molecule has 0 rings (SSSR count). The van der Waals surface area contributed by atoms with E-state index in [0.29, 0.717) is 6.42 Å². The number of carboxylic acid groups (broad SMARTS) is 1. The first-order chi connectivity index (χ1) is 5.16. The van der Waals surface area contributed by atoms with Crippen molar-refractivity contribution in [2.24, 2.45) is 0 Å². The highest BCUT2D eigenvalue weighted by atomic mass is 16.4. The maximum atomic E-state index is 10.1. The third-order valence-corrected chi connectivity index (χ3v) is 1.37. The molecular formula is C8H15NO2. The van der Waals surface area contributed by atoms with Gasteiger partial charge in [-0.15, -0.1) is 6.58 Å². The van der Waals surface area contributed by atoms with Crippen LogP contribution in [0.2, 0.25) is 0 Å². The van der Waals surface area contributed by atoms with Crippen molar-refractivity contribution in [1.29, 1.82) is 0 Å². The number of hydrogen-bond donors (Lipinski definition) is 1. The topological polar surface area (TPSA) is 40.5 Å². The second-order valence-corrected chi connectivity index (χ2v) is 2.55. The van der Waals surface area contributed by atoms with E-state index >= 15 is 0 Å². The summed E-state index contributed by atoms with van der Waals surface area (Å²) in [7, 11) is 1.95. The highest BCUT2D eigenvalue weighted by Crippen LogP contribution is 1.92. The molecule has 0 spiro atoms. The van der Waals surface area contributed by atoms with Gasteiger partial charge in [0.1, 0.15) is 0 Å². The Morgan fingerprint density at radius 3 is 2.82 bits per heavy atom. The smallest absolute Gasteiger partial charge is 0.303 e. The van der Waals surface area contributed by atoms with Gasteiger partial charge in [-0.3, -0.25) is 4.79 Å². The summed E-state index contributed by atoms with van der Waals surface area (Å²) in [4.78, 5) is 12.1. The zero-order valence-electron chi connectivity index (χ0n) is 6.92. The normalized spacial score (nSPS) is 10.0. The Morgan fingerprint density at radius 2 is 2.36 bits per heavy atom. The summed E-state index contributed by atoms with van der Waals surface area (Å²) in [5.41, 5.74) is 0. The molecule has 0 aromatic heterocycles. The van der Waals surface area contributed by atoms with Crippen molar-refractivity contribution in [2.75, 3.05) is 20.1 Å². The van der Waals surface area contributed by atoms with Gasteiger partial charge in [0, 0.05) is 13.0 Å². The van der Waals surface area contributed by atoms with E-state index in [1.54, 1.807) is 6.08 Å². The minimum Gasteiger partial charge on any atom is -0.481 e. The summed E-state index contributed by atoms with van der Waals surface area (Å²) in [5.74, 6) is -0.725. The Labute approximate surface area is 67.3 Å². The SMILES string of the molecule is C=CCN(C)CCCC(=O)O. The molecule has 0 saturated heterocycles. The molecule has 0 saturated carbocycles. The van der Waals surface area contributed by atoms with Crippen LogP contribution < -0.4 is 0 Å². The molecule has 0 amide bonds. The molecule has 64 valence electrons. The minimum atomic E-state index is -0.725. The van der Waals surface area contributed by atoms with E-state index < -0.39 is 5.97 Å². The van der Waals surface area contributed by atoms with E-state index in [2.05, 4.69) is 6.58 Å². The van der Waals surface area contributed by atoms with E-state index in [1.807, 2.05) is 11.9 Å². The first kappa shape index (κ1) is 10.2. The van der Waals surface area contributed by atoms with Crippen LogP contribution in [0.25, 0.3) is 0 Å². The Kier molecular flexibility index (Phi) is 5.47. The lowest BCUT2D eigenvalue weighted by Gasteiger charge is -2.12. The minimum absolute atomic E-state index is 0.251. The Hall–Kier alpha value is -0.830. The molecule has 0 bridgehead atoms. The van der Waals surface area contributed by atoms with E-state index in [4.69, 9.17) is 5.11 Å². The molecule has 0 radical (unpaired) electrons. The van der Waals surface area contributed by atoms with Gasteiger partial charge in [-0.2, -0.15) is 0 Å². The van der Waals surface area contributed by atoms with E-state index in [1.165, 1.54) is 0 Å². The van der Waals surface area contributed by atoms with Crippen molar-refractivity contribution in [3.05, 3.63) is 12.7 Å². The van der Waals surface area contributed by atoms with Crippen LogP contribution in [0.15, 0.2) is 12.7 Å². The lowest BCUT2D eigenvalue weighted by Crippen LogP contribution is -2.19. The van der Waals surface area contributed by atoms with Gasteiger partial charge in [-0.1, -0.05) is 6.08 Å². The summed E-state index contributed by atoms with van der Waals surface area (Å²) in [5, 5.41) is 8.32. The van der Waals surface area contributed by atoms with Gasteiger partial charge in [0.2, 0.25) is 0 Å². The number of likely N-dealkylation sites (N-methyl/N-ethyl adjacent to an activating group) is 1. The fraction of sp³-hybridized carbons (Fsp3) is 0.625. The molecule has 1 N–H and O–H groups in total. The average molecular weight is 157 g/mol.